The predicted molar refractivity (Wildman–Crippen MR) is 121 cm³/mol. The number of nitro benzene ring substituents is 1. The molecule has 0 aliphatic carbocycles. The van der Waals surface area contributed by atoms with Crippen LogP contribution in [0.4, 0.5) is 11.4 Å². The molecule has 0 aliphatic heterocycles. The minimum Gasteiger partial charge on any atom is -0.278 e. The zero-order valence-electron chi connectivity index (χ0n) is 14.6. The molecule has 0 heterocycles. The molecule has 0 amide bonds. The van der Waals surface area contributed by atoms with Gasteiger partial charge in [-0.25, -0.2) is 8.42 Å². The van der Waals surface area contributed by atoms with Crippen molar-refractivity contribution in [2.45, 2.75) is 14.7 Å². The molecule has 0 aliphatic rings. The van der Waals surface area contributed by atoms with Gasteiger partial charge in [-0.1, -0.05) is 70.3 Å². The highest BCUT2D eigenvalue weighted by molar-refractivity contribution is 7.99. The number of hydrogen-bond acceptors (Lipinski definition) is 5. The molecule has 30 heavy (non-hydrogen) atoms. The normalized spacial score (nSPS) is 11.3. The SMILES string of the molecule is O=[N+]([O-])c1cc(Cl)ccc1Sc1ccccc1NS(=O)(=O)c1cc(Cl)c(Cl)cc1Cl. The molecule has 0 saturated heterocycles. The van der Waals surface area contributed by atoms with Crippen molar-refractivity contribution < 1.29 is 13.3 Å². The summed E-state index contributed by atoms with van der Waals surface area (Å²) in [4.78, 5) is 11.3. The second kappa shape index (κ2) is 9.21. The Morgan fingerprint density at radius 3 is 2.23 bits per heavy atom. The first-order chi connectivity index (χ1) is 14.1. The lowest BCUT2D eigenvalue weighted by molar-refractivity contribution is -0.387. The lowest BCUT2D eigenvalue weighted by Gasteiger charge is -2.14. The molecule has 0 saturated carbocycles. The molecule has 0 aromatic heterocycles. The van der Waals surface area contributed by atoms with E-state index in [-0.39, 0.29) is 36.4 Å². The lowest BCUT2D eigenvalue weighted by Crippen LogP contribution is -2.14. The van der Waals surface area contributed by atoms with Gasteiger partial charge >= 0.3 is 0 Å². The largest absolute Gasteiger partial charge is 0.284 e. The van der Waals surface area contributed by atoms with E-state index in [0.717, 1.165) is 17.8 Å². The van der Waals surface area contributed by atoms with Crippen LogP contribution < -0.4 is 4.72 Å². The van der Waals surface area contributed by atoms with Crippen molar-refractivity contribution >= 4 is 79.6 Å². The maximum atomic E-state index is 12.9. The van der Waals surface area contributed by atoms with E-state index < -0.39 is 14.9 Å². The number of para-hydroxylation sites is 1. The van der Waals surface area contributed by atoms with Gasteiger partial charge in [0.1, 0.15) is 4.90 Å². The molecule has 12 heteroatoms. The molecule has 3 aromatic rings. The Hall–Kier alpha value is -1.68. The van der Waals surface area contributed by atoms with Gasteiger partial charge in [0.25, 0.3) is 15.7 Å². The second-order valence-corrected chi connectivity index (χ2v) is 10.2. The molecule has 1 N–H and O–H groups in total. The predicted octanol–water partition coefficient (Wildman–Crippen LogP) is 7.16. The van der Waals surface area contributed by atoms with Crippen LogP contribution in [0.25, 0.3) is 0 Å². The highest BCUT2D eigenvalue weighted by atomic mass is 35.5. The smallest absolute Gasteiger partial charge is 0.278 e. The van der Waals surface area contributed by atoms with Gasteiger partial charge in [-0.15, -0.1) is 0 Å². The van der Waals surface area contributed by atoms with Crippen LogP contribution in [0.1, 0.15) is 0 Å². The molecule has 0 fully saturated rings. The number of anilines is 1. The van der Waals surface area contributed by atoms with Crippen LogP contribution in [-0.4, -0.2) is 13.3 Å². The van der Waals surface area contributed by atoms with Crippen LogP contribution in [0.15, 0.2) is 69.3 Å². The molecule has 156 valence electrons. The van der Waals surface area contributed by atoms with Gasteiger partial charge in [0.15, 0.2) is 0 Å². The van der Waals surface area contributed by atoms with Gasteiger partial charge in [0, 0.05) is 16.0 Å². The molecular formula is C18H10Cl4N2O4S2. The fourth-order valence-corrected chi connectivity index (χ4v) is 5.69. The summed E-state index contributed by atoms with van der Waals surface area (Å²) in [5.41, 5.74) is 0.00609. The number of nitrogens with zero attached hydrogens (tertiary/aromatic N) is 1. The van der Waals surface area contributed by atoms with E-state index in [1.54, 1.807) is 18.2 Å². The average molecular weight is 524 g/mol. The molecule has 0 atom stereocenters. The van der Waals surface area contributed by atoms with Crippen molar-refractivity contribution in [1.82, 2.24) is 0 Å². The molecule has 0 radical (unpaired) electrons. The second-order valence-electron chi connectivity index (χ2n) is 5.77. The van der Waals surface area contributed by atoms with Gasteiger partial charge in [0.05, 0.1) is 30.6 Å². The zero-order valence-corrected chi connectivity index (χ0v) is 19.3. The van der Waals surface area contributed by atoms with Crippen molar-refractivity contribution in [1.29, 1.82) is 0 Å². The van der Waals surface area contributed by atoms with E-state index in [2.05, 4.69) is 4.72 Å². The number of sulfonamides is 1. The highest BCUT2D eigenvalue weighted by Crippen LogP contribution is 2.40. The van der Waals surface area contributed by atoms with Crippen molar-refractivity contribution in [3.05, 3.63) is 84.8 Å². The number of benzene rings is 3. The molecule has 0 unspecified atom stereocenters. The van der Waals surface area contributed by atoms with E-state index >= 15 is 0 Å². The van der Waals surface area contributed by atoms with Gasteiger partial charge in [-0.05, 0) is 36.4 Å². The van der Waals surface area contributed by atoms with E-state index in [9.17, 15) is 18.5 Å². The lowest BCUT2D eigenvalue weighted by atomic mass is 10.3. The average Bonchev–Trinajstić information content (AvgIpc) is 2.67. The summed E-state index contributed by atoms with van der Waals surface area (Å²) in [5.74, 6) is 0. The molecular weight excluding hydrogens is 514 g/mol. The summed E-state index contributed by atoms with van der Waals surface area (Å²) in [5, 5.41) is 11.6. The maximum absolute atomic E-state index is 12.9. The van der Waals surface area contributed by atoms with Crippen molar-refractivity contribution in [3.8, 4) is 0 Å². The Morgan fingerprint density at radius 1 is 0.867 bits per heavy atom. The van der Waals surface area contributed by atoms with Gasteiger partial charge in [-0.2, -0.15) is 0 Å². The van der Waals surface area contributed by atoms with E-state index in [4.69, 9.17) is 46.4 Å². The Morgan fingerprint density at radius 2 is 1.53 bits per heavy atom. The monoisotopic (exact) mass is 522 g/mol. The summed E-state index contributed by atoms with van der Waals surface area (Å²) >= 11 is 24.7. The molecule has 3 rings (SSSR count). The third kappa shape index (κ3) is 5.14. The van der Waals surface area contributed by atoms with Crippen LogP contribution in [0.3, 0.4) is 0 Å². The Kier molecular flexibility index (Phi) is 7.06. The van der Waals surface area contributed by atoms with Crippen molar-refractivity contribution in [3.63, 3.8) is 0 Å². The van der Waals surface area contributed by atoms with Gasteiger partial charge < -0.3 is 0 Å². The van der Waals surface area contributed by atoms with Crippen molar-refractivity contribution in [2.24, 2.45) is 0 Å². The minimum absolute atomic E-state index is 0.0286. The quantitative estimate of drug-likeness (QED) is 0.210. The summed E-state index contributed by atoms with van der Waals surface area (Å²) < 4.78 is 28.2. The topological polar surface area (TPSA) is 89.3 Å². The number of hydrogen-bond donors (Lipinski definition) is 1. The Labute approximate surface area is 196 Å². The first-order valence-corrected chi connectivity index (χ1v) is 11.8. The summed E-state index contributed by atoms with van der Waals surface area (Å²) in [6.07, 6.45) is 0. The first kappa shape index (κ1) is 23.0. The van der Waals surface area contributed by atoms with Gasteiger partial charge in [0.2, 0.25) is 0 Å². The highest BCUT2D eigenvalue weighted by Gasteiger charge is 2.22. The van der Waals surface area contributed by atoms with Crippen molar-refractivity contribution in [2.75, 3.05) is 4.72 Å². The minimum atomic E-state index is -4.12. The molecule has 0 bridgehead atoms. The summed E-state index contributed by atoms with van der Waals surface area (Å²) in [7, 11) is -4.12. The number of halogens is 4. The fourth-order valence-electron chi connectivity index (χ4n) is 2.39. The Bertz CT molecular complexity index is 1250. The summed E-state index contributed by atoms with van der Waals surface area (Å²) in [6, 6.07) is 13.1. The van der Waals surface area contributed by atoms with Crippen LogP contribution >= 0.6 is 58.2 Å². The van der Waals surface area contributed by atoms with Crippen LogP contribution in [0.5, 0.6) is 0 Å². The summed E-state index contributed by atoms with van der Waals surface area (Å²) in [6.45, 7) is 0. The maximum Gasteiger partial charge on any atom is 0.284 e. The third-order valence-electron chi connectivity index (χ3n) is 3.73. The fraction of sp³-hybridized carbons (Fsp3) is 0. The zero-order chi connectivity index (χ0) is 22.1. The van der Waals surface area contributed by atoms with Crippen LogP contribution in [0.2, 0.25) is 20.1 Å². The van der Waals surface area contributed by atoms with E-state index in [1.165, 1.54) is 30.3 Å². The standard InChI is InChI=1S/C18H10Cl4N2O4S2/c19-10-5-6-17(15(7-10)24(25)26)29-16-4-2-1-3-14(16)23-30(27,28)18-9-12(21)11(20)8-13(18)22/h1-9,23H. The number of nitro groups is 1. The van der Waals surface area contributed by atoms with Crippen LogP contribution in [0, 0.1) is 10.1 Å². The third-order valence-corrected chi connectivity index (χ3v) is 7.66. The van der Waals surface area contributed by atoms with Crippen LogP contribution in [-0.2, 0) is 10.0 Å². The van der Waals surface area contributed by atoms with Gasteiger partial charge in [-0.3, -0.25) is 14.8 Å². The number of rotatable bonds is 6. The Balaban J connectivity index is 1.99. The molecule has 3 aromatic carbocycles. The number of nitrogens with one attached hydrogen (secondary N) is 1. The van der Waals surface area contributed by atoms with E-state index in [1.807, 2.05) is 0 Å². The van der Waals surface area contributed by atoms with E-state index in [0.29, 0.717) is 9.79 Å². The molecule has 6 nitrogen and oxygen atoms in total. The molecule has 0 spiro atoms. The first-order valence-electron chi connectivity index (χ1n) is 7.96.